The predicted molar refractivity (Wildman–Crippen MR) is 176 cm³/mol. The van der Waals surface area contributed by atoms with Crippen molar-refractivity contribution in [2.45, 2.75) is 69.9 Å². The number of alkyl halides is 12. The highest BCUT2D eigenvalue weighted by Gasteiger charge is 2.62. The van der Waals surface area contributed by atoms with Gasteiger partial charge in [0.1, 0.15) is 5.76 Å². The number of aromatic nitrogens is 1. The Labute approximate surface area is 327 Å². The molecule has 2 spiro atoms. The number of pyridine rings is 1. The SMILES string of the molecule is O=C(O)C(F)(F)F.O=C(O)C(F)(F)F.O=C(O)C(F)(F)F.O=C(O)C(F)(F)F.c1cncc(CN2CCCC3(CC2)CN(Cc2ccco2)CC32CN(CC3CC3)C2)c1. The van der Waals surface area contributed by atoms with E-state index in [1.165, 1.54) is 83.5 Å². The molecule has 25 heteroatoms. The molecule has 13 nitrogen and oxygen atoms in total. The lowest BCUT2D eigenvalue weighted by molar-refractivity contribution is -0.193. The molecular formula is C34H40F12N4O9. The summed E-state index contributed by atoms with van der Waals surface area (Å²) in [4.78, 5) is 48.1. The Morgan fingerprint density at radius 3 is 1.53 bits per heavy atom. The number of nitrogens with zero attached hydrogens (tertiary/aromatic N) is 4. The third-order valence-corrected chi connectivity index (χ3v) is 9.54. The van der Waals surface area contributed by atoms with E-state index in [0.29, 0.717) is 10.8 Å². The standard InChI is InChI=1S/C26H36N4O.4C2HF3O2/c1-4-23(14-27-10-1)16-28-11-3-8-25(9-12-28)18-30(17-24-5-2-13-31-24)21-26(25)19-29(20-26)15-22-6-7-22;4*3-2(4,5)1(6)7/h1-2,4-5,10,13-14,22H,3,6-9,11-12,15-21H2;4*(H,6,7). The second-order valence-electron chi connectivity index (χ2n) is 14.1. The monoisotopic (exact) mass is 876 g/mol. The molecule has 3 aliphatic heterocycles. The number of carboxylic acid groups (broad SMARTS) is 4. The van der Waals surface area contributed by atoms with Crippen LogP contribution in [0.2, 0.25) is 0 Å². The maximum absolute atomic E-state index is 10.6. The molecule has 0 amide bonds. The molecule has 59 heavy (non-hydrogen) atoms. The van der Waals surface area contributed by atoms with Gasteiger partial charge in [0.05, 0.1) is 12.8 Å². The number of carboxylic acids is 4. The van der Waals surface area contributed by atoms with Crippen molar-refractivity contribution in [3.63, 3.8) is 0 Å². The number of furan rings is 1. The molecule has 3 saturated heterocycles. The van der Waals surface area contributed by atoms with Crippen LogP contribution in [0.15, 0.2) is 47.3 Å². The molecule has 2 aromatic heterocycles. The summed E-state index contributed by atoms with van der Waals surface area (Å²) in [5, 5.41) is 28.5. The highest BCUT2D eigenvalue weighted by Crippen LogP contribution is 2.58. The third kappa shape index (κ3) is 16.9. The molecule has 2 aromatic rings. The highest BCUT2D eigenvalue weighted by atomic mass is 19.4. The van der Waals surface area contributed by atoms with Gasteiger partial charge < -0.3 is 29.7 Å². The van der Waals surface area contributed by atoms with Gasteiger partial charge in [0.25, 0.3) is 0 Å². The second-order valence-corrected chi connectivity index (χ2v) is 14.1. The van der Waals surface area contributed by atoms with E-state index in [9.17, 15) is 52.7 Å². The first-order valence-electron chi connectivity index (χ1n) is 17.3. The van der Waals surface area contributed by atoms with E-state index < -0.39 is 48.6 Å². The Hall–Kier alpha value is -4.65. The zero-order valence-electron chi connectivity index (χ0n) is 30.7. The number of carbonyl (C=O) groups is 4. The normalized spacial score (nSPS) is 20.8. The number of hydrogen-bond acceptors (Lipinski definition) is 9. The van der Waals surface area contributed by atoms with Crippen molar-refractivity contribution in [2.24, 2.45) is 16.7 Å². The number of hydrogen-bond donors (Lipinski definition) is 4. The van der Waals surface area contributed by atoms with Crippen molar-refractivity contribution < 1.29 is 96.7 Å². The van der Waals surface area contributed by atoms with Crippen LogP contribution in [-0.4, -0.2) is 135 Å². The predicted octanol–water partition coefficient (Wildman–Crippen LogP) is 6.41. The molecule has 6 rings (SSSR count). The lowest BCUT2D eigenvalue weighted by atomic mass is 9.58. The molecule has 0 aromatic carbocycles. The summed E-state index contributed by atoms with van der Waals surface area (Å²) in [6, 6.07) is 8.45. The summed E-state index contributed by atoms with van der Waals surface area (Å²) in [6.07, 6.45) is -7.66. The first kappa shape index (κ1) is 50.5. The van der Waals surface area contributed by atoms with Gasteiger partial charge in [-0.05, 0) is 80.3 Å². The quantitative estimate of drug-likeness (QED) is 0.234. The zero-order valence-corrected chi connectivity index (χ0v) is 30.7. The summed E-state index contributed by atoms with van der Waals surface area (Å²) < 4.78 is 133. The highest BCUT2D eigenvalue weighted by molar-refractivity contribution is 5.74. The van der Waals surface area contributed by atoms with Crippen LogP contribution in [0.3, 0.4) is 0 Å². The smallest absolute Gasteiger partial charge is 0.475 e. The van der Waals surface area contributed by atoms with Crippen molar-refractivity contribution in [2.75, 3.05) is 45.8 Å². The topological polar surface area (TPSA) is 185 Å². The second kappa shape index (κ2) is 20.5. The van der Waals surface area contributed by atoms with E-state index in [2.05, 4.69) is 37.9 Å². The van der Waals surface area contributed by atoms with Gasteiger partial charge in [-0.25, -0.2) is 19.2 Å². The van der Waals surface area contributed by atoms with Crippen molar-refractivity contribution in [1.29, 1.82) is 0 Å². The van der Waals surface area contributed by atoms with E-state index in [-0.39, 0.29) is 0 Å². The van der Waals surface area contributed by atoms with E-state index in [4.69, 9.17) is 44.0 Å². The summed E-state index contributed by atoms with van der Waals surface area (Å²) in [6.45, 7) is 10.9. The molecule has 334 valence electrons. The first-order chi connectivity index (χ1) is 27.0. The fourth-order valence-electron chi connectivity index (χ4n) is 6.87. The van der Waals surface area contributed by atoms with Gasteiger partial charge in [-0.2, -0.15) is 52.7 Å². The lowest BCUT2D eigenvalue weighted by Gasteiger charge is -2.57. The molecule has 0 radical (unpaired) electrons. The number of likely N-dealkylation sites (tertiary alicyclic amines) is 3. The zero-order chi connectivity index (χ0) is 45.0. The number of aliphatic carboxylic acids is 4. The lowest BCUT2D eigenvalue weighted by Crippen LogP contribution is -2.64. The Morgan fingerprint density at radius 1 is 0.644 bits per heavy atom. The van der Waals surface area contributed by atoms with Crippen molar-refractivity contribution >= 4 is 23.9 Å². The molecule has 4 N–H and O–H groups in total. The van der Waals surface area contributed by atoms with Crippen molar-refractivity contribution in [3.8, 4) is 0 Å². The molecule has 4 aliphatic rings. The van der Waals surface area contributed by atoms with E-state index in [1.54, 1.807) is 0 Å². The molecule has 1 unspecified atom stereocenters. The fraction of sp³-hybridized carbons (Fsp3) is 0.618. The van der Waals surface area contributed by atoms with Gasteiger partial charge in [0.15, 0.2) is 0 Å². The maximum atomic E-state index is 10.6. The molecule has 1 saturated carbocycles. The molecular weight excluding hydrogens is 836 g/mol. The Morgan fingerprint density at radius 2 is 1.12 bits per heavy atom. The van der Waals surface area contributed by atoms with Crippen LogP contribution in [0.4, 0.5) is 52.7 Å². The van der Waals surface area contributed by atoms with Gasteiger partial charge >= 0.3 is 48.6 Å². The Bertz CT molecular complexity index is 1550. The van der Waals surface area contributed by atoms with Gasteiger partial charge in [0.2, 0.25) is 0 Å². The van der Waals surface area contributed by atoms with Gasteiger partial charge in [0, 0.05) is 57.1 Å². The largest absolute Gasteiger partial charge is 0.490 e. The van der Waals surface area contributed by atoms with Crippen molar-refractivity contribution in [3.05, 3.63) is 54.2 Å². The van der Waals surface area contributed by atoms with E-state index >= 15 is 0 Å². The number of fused-ring (bicyclic) bond motifs is 1. The summed E-state index contributed by atoms with van der Waals surface area (Å²) in [7, 11) is 0. The van der Waals surface area contributed by atoms with Crippen LogP contribution in [0.1, 0.15) is 43.4 Å². The molecule has 1 atom stereocenters. The van der Waals surface area contributed by atoms with E-state index in [1.807, 2.05) is 24.7 Å². The summed E-state index contributed by atoms with van der Waals surface area (Å²) in [5.41, 5.74) is 2.29. The van der Waals surface area contributed by atoms with Gasteiger partial charge in [-0.3, -0.25) is 14.8 Å². The van der Waals surface area contributed by atoms with Crippen LogP contribution in [0.25, 0.3) is 0 Å². The molecule has 5 heterocycles. The van der Waals surface area contributed by atoms with Gasteiger partial charge in [-0.1, -0.05) is 6.07 Å². The summed E-state index contributed by atoms with van der Waals surface area (Å²) in [5.74, 6) is -8.91. The maximum Gasteiger partial charge on any atom is 0.490 e. The molecule has 1 aliphatic carbocycles. The number of rotatable bonds is 6. The summed E-state index contributed by atoms with van der Waals surface area (Å²) >= 11 is 0. The minimum atomic E-state index is -5.08. The average molecular weight is 877 g/mol. The average Bonchev–Trinajstić information content (AvgIpc) is 3.72. The minimum Gasteiger partial charge on any atom is -0.475 e. The first-order valence-corrected chi connectivity index (χ1v) is 17.3. The van der Waals surface area contributed by atoms with Crippen LogP contribution >= 0.6 is 0 Å². The van der Waals surface area contributed by atoms with E-state index in [0.717, 1.165) is 24.8 Å². The molecule has 0 bridgehead atoms. The van der Waals surface area contributed by atoms with Crippen molar-refractivity contribution in [1.82, 2.24) is 19.7 Å². The minimum absolute atomic E-state index is 0.462. The Kier molecular flexibility index (Phi) is 17.6. The van der Waals surface area contributed by atoms with Crippen LogP contribution in [0, 0.1) is 16.7 Å². The van der Waals surface area contributed by atoms with Crippen LogP contribution < -0.4 is 0 Å². The third-order valence-electron chi connectivity index (χ3n) is 9.54. The van der Waals surface area contributed by atoms with Crippen LogP contribution in [-0.2, 0) is 32.3 Å². The number of halogens is 12. The Balaban J connectivity index is 0.000000349. The molecule has 4 fully saturated rings. The van der Waals surface area contributed by atoms with Gasteiger partial charge in [-0.15, -0.1) is 0 Å². The van der Waals surface area contributed by atoms with Crippen LogP contribution in [0.5, 0.6) is 0 Å². The fourth-order valence-corrected chi connectivity index (χ4v) is 6.87.